The SMILES string of the molecule is Cc1cccc(C(=O)N2CCC3(CC2)CN(Cc2ccc(F)cc2)C(=O)O3)c1C. The van der Waals surface area contributed by atoms with Gasteiger partial charge < -0.3 is 9.64 Å². The minimum Gasteiger partial charge on any atom is -0.441 e. The quantitative estimate of drug-likeness (QED) is 0.786. The van der Waals surface area contributed by atoms with Gasteiger partial charge in [0, 0.05) is 38.0 Å². The van der Waals surface area contributed by atoms with Gasteiger partial charge in [-0.2, -0.15) is 0 Å². The highest BCUT2D eigenvalue weighted by Gasteiger charge is 2.47. The molecule has 4 rings (SSSR count). The third-order valence-corrected chi connectivity index (χ3v) is 6.12. The first-order valence-electron chi connectivity index (χ1n) is 9.95. The molecule has 2 heterocycles. The lowest BCUT2D eigenvalue weighted by molar-refractivity contribution is 0.00311. The van der Waals surface area contributed by atoms with Crippen molar-refractivity contribution in [2.45, 2.75) is 38.8 Å². The second-order valence-corrected chi connectivity index (χ2v) is 8.07. The Balaban J connectivity index is 1.40. The number of aryl methyl sites for hydroxylation is 1. The Morgan fingerprint density at radius 2 is 1.79 bits per heavy atom. The number of likely N-dealkylation sites (tertiary alicyclic amines) is 1. The van der Waals surface area contributed by atoms with E-state index in [0.29, 0.717) is 39.0 Å². The minimum atomic E-state index is -0.546. The van der Waals surface area contributed by atoms with Crippen molar-refractivity contribution in [2.24, 2.45) is 0 Å². The van der Waals surface area contributed by atoms with Crippen molar-refractivity contribution in [2.75, 3.05) is 19.6 Å². The van der Waals surface area contributed by atoms with Gasteiger partial charge in [-0.15, -0.1) is 0 Å². The predicted molar refractivity (Wildman–Crippen MR) is 107 cm³/mol. The molecule has 0 saturated carbocycles. The summed E-state index contributed by atoms with van der Waals surface area (Å²) in [5, 5.41) is 0. The number of amides is 2. The molecule has 0 unspecified atom stereocenters. The molecule has 2 aromatic carbocycles. The summed E-state index contributed by atoms with van der Waals surface area (Å²) in [6, 6.07) is 11.9. The smallest absolute Gasteiger partial charge is 0.410 e. The van der Waals surface area contributed by atoms with E-state index in [-0.39, 0.29) is 17.8 Å². The lowest BCUT2D eigenvalue weighted by atomic mass is 9.90. The zero-order chi connectivity index (χ0) is 20.6. The van der Waals surface area contributed by atoms with Crippen LogP contribution >= 0.6 is 0 Å². The highest BCUT2D eigenvalue weighted by molar-refractivity contribution is 5.96. The van der Waals surface area contributed by atoms with Crippen molar-refractivity contribution < 1.29 is 18.7 Å². The number of hydrogen-bond donors (Lipinski definition) is 0. The number of hydrogen-bond acceptors (Lipinski definition) is 3. The molecule has 2 saturated heterocycles. The van der Waals surface area contributed by atoms with Crippen LogP contribution in [0.2, 0.25) is 0 Å². The topological polar surface area (TPSA) is 49.9 Å². The number of ether oxygens (including phenoxy) is 1. The average molecular weight is 396 g/mol. The summed E-state index contributed by atoms with van der Waals surface area (Å²) in [5.41, 5.74) is 3.17. The number of carbonyl (C=O) groups is 2. The normalized spacial score (nSPS) is 18.2. The van der Waals surface area contributed by atoms with Crippen molar-refractivity contribution in [1.29, 1.82) is 0 Å². The molecule has 0 N–H and O–H groups in total. The lowest BCUT2D eigenvalue weighted by Crippen LogP contribution is -2.48. The molecule has 2 aliphatic heterocycles. The Kier molecular flexibility index (Phi) is 5.03. The Bertz CT molecular complexity index is 934. The number of rotatable bonds is 3. The summed E-state index contributed by atoms with van der Waals surface area (Å²) in [6.07, 6.45) is 0.897. The molecule has 0 bridgehead atoms. The van der Waals surface area contributed by atoms with E-state index in [1.165, 1.54) is 12.1 Å². The van der Waals surface area contributed by atoms with Crippen LogP contribution in [-0.2, 0) is 11.3 Å². The number of carbonyl (C=O) groups excluding carboxylic acids is 2. The van der Waals surface area contributed by atoms with E-state index in [9.17, 15) is 14.0 Å². The van der Waals surface area contributed by atoms with Gasteiger partial charge in [-0.25, -0.2) is 9.18 Å². The maximum absolute atomic E-state index is 13.1. The molecule has 0 atom stereocenters. The van der Waals surface area contributed by atoms with Crippen LogP contribution in [0.25, 0.3) is 0 Å². The van der Waals surface area contributed by atoms with Crippen LogP contribution in [0.1, 0.15) is 39.9 Å². The van der Waals surface area contributed by atoms with E-state index in [4.69, 9.17) is 4.74 Å². The van der Waals surface area contributed by atoms with Gasteiger partial charge in [0.25, 0.3) is 5.91 Å². The van der Waals surface area contributed by atoms with Gasteiger partial charge in [0.15, 0.2) is 0 Å². The van der Waals surface area contributed by atoms with Crippen molar-refractivity contribution in [1.82, 2.24) is 9.80 Å². The number of benzene rings is 2. The van der Waals surface area contributed by atoms with E-state index in [1.807, 2.05) is 36.9 Å². The van der Waals surface area contributed by atoms with E-state index in [2.05, 4.69) is 0 Å². The first-order valence-corrected chi connectivity index (χ1v) is 9.95. The summed E-state index contributed by atoms with van der Waals surface area (Å²) >= 11 is 0. The fourth-order valence-electron chi connectivity index (χ4n) is 4.16. The van der Waals surface area contributed by atoms with Crippen LogP contribution in [0.5, 0.6) is 0 Å². The fourth-order valence-corrected chi connectivity index (χ4v) is 4.16. The van der Waals surface area contributed by atoms with Crippen LogP contribution < -0.4 is 0 Å². The summed E-state index contributed by atoms with van der Waals surface area (Å²) in [7, 11) is 0. The van der Waals surface area contributed by atoms with Crippen LogP contribution in [-0.4, -0.2) is 47.0 Å². The van der Waals surface area contributed by atoms with Crippen molar-refractivity contribution in [3.63, 3.8) is 0 Å². The molecular formula is C23H25FN2O3. The predicted octanol–water partition coefficient (Wildman–Crippen LogP) is 4.07. The summed E-state index contributed by atoms with van der Waals surface area (Å²) in [4.78, 5) is 28.9. The summed E-state index contributed by atoms with van der Waals surface area (Å²) < 4.78 is 18.8. The first-order chi connectivity index (χ1) is 13.9. The highest BCUT2D eigenvalue weighted by Crippen LogP contribution is 2.34. The molecule has 0 radical (unpaired) electrons. The molecule has 2 amide bonds. The van der Waals surface area contributed by atoms with Crippen LogP contribution in [0.3, 0.4) is 0 Å². The second-order valence-electron chi connectivity index (χ2n) is 8.07. The molecule has 0 aliphatic carbocycles. The van der Waals surface area contributed by atoms with Gasteiger partial charge in [-0.1, -0.05) is 24.3 Å². The molecule has 1 spiro atoms. The Morgan fingerprint density at radius 1 is 1.10 bits per heavy atom. The zero-order valence-corrected chi connectivity index (χ0v) is 16.8. The molecule has 6 heteroatoms. The molecule has 2 aromatic rings. The van der Waals surface area contributed by atoms with Crippen LogP contribution in [0.4, 0.5) is 9.18 Å². The molecule has 2 aliphatic rings. The highest BCUT2D eigenvalue weighted by atomic mass is 19.1. The van der Waals surface area contributed by atoms with Gasteiger partial charge >= 0.3 is 6.09 Å². The summed E-state index contributed by atoms with van der Waals surface area (Å²) in [6.45, 7) is 5.99. The molecule has 0 aromatic heterocycles. The second kappa shape index (κ2) is 7.50. The number of piperidine rings is 1. The van der Waals surface area contributed by atoms with Crippen molar-refractivity contribution in [3.05, 3.63) is 70.5 Å². The maximum atomic E-state index is 13.1. The Labute approximate surface area is 170 Å². The monoisotopic (exact) mass is 396 g/mol. The van der Waals surface area contributed by atoms with E-state index in [0.717, 1.165) is 22.3 Å². The number of halogens is 1. The molecule has 29 heavy (non-hydrogen) atoms. The van der Waals surface area contributed by atoms with Gasteiger partial charge in [-0.3, -0.25) is 9.69 Å². The standard InChI is InChI=1S/C23H25FN2O3/c1-16-4-3-5-20(17(16)2)21(27)25-12-10-23(11-13-25)15-26(22(28)29-23)14-18-6-8-19(24)9-7-18/h3-9H,10-15H2,1-2H3. The van der Waals surface area contributed by atoms with Crippen LogP contribution in [0.15, 0.2) is 42.5 Å². The molecule has 5 nitrogen and oxygen atoms in total. The molecular weight excluding hydrogens is 371 g/mol. The number of nitrogens with zero attached hydrogens (tertiary/aromatic N) is 2. The molecule has 2 fully saturated rings. The maximum Gasteiger partial charge on any atom is 0.410 e. The largest absolute Gasteiger partial charge is 0.441 e. The minimum absolute atomic E-state index is 0.0357. The fraction of sp³-hybridized carbons (Fsp3) is 0.391. The first kappa shape index (κ1) is 19.4. The Hall–Kier alpha value is -2.89. The van der Waals surface area contributed by atoms with Gasteiger partial charge in [0.1, 0.15) is 11.4 Å². The van der Waals surface area contributed by atoms with E-state index in [1.54, 1.807) is 17.0 Å². The Morgan fingerprint density at radius 3 is 2.48 bits per heavy atom. The van der Waals surface area contributed by atoms with Gasteiger partial charge in [-0.05, 0) is 48.7 Å². The zero-order valence-electron chi connectivity index (χ0n) is 16.8. The lowest BCUT2D eigenvalue weighted by Gasteiger charge is -2.37. The third kappa shape index (κ3) is 3.84. The average Bonchev–Trinajstić information content (AvgIpc) is 3.00. The van der Waals surface area contributed by atoms with Crippen molar-refractivity contribution >= 4 is 12.0 Å². The van der Waals surface area contributed by atoms with Crippen molar-refractivity contribution in [3.8, 4) is 0 Å². The third-order valence-electron chi connectivity index (χ3n) is 6.12. The van der Waals surface area contributed by atoms with Gasteiger partial charge in [0.05, 0.1) is 6.54 Å². The van der Waals surface area contributed by atoms with E-state index < -0.39 is 5.60 Å². The summed E-state index contributed by atoms with van der Waals surface area (Å²) in [5.74, 6) is -0.261. The molecule has 152 valence electrons. The van der Waals surface area contributed by atoms with E-state index >= 15 is 0 Å². The van der Waals surface area contributed by atoms with Gasteiger partial charge in [0.2, 0.25) is 0 Å². The van der Waals surface area contributed by atoms with Crippen LogP contribution in [0, 0.1) is 19.7 Å².